The monoisotopic (exact) mass is 392 g/mol. The third kappa shape index (κ3) is 2.46. The minimum atomic E-state index is -0.357. The van der Waals surface area contributed by atoms with Crippen LogP contribution in [0.1, 0.15) is 12.0 Å². The molecule has 4 rings (SSSR count). The minimum absolute atomic E-state index is 0.105. The zero-order valence-electron chi connectivity index (χ0n) is 11.9. The molecule has 0 bridgehead atoms. The standard InChI is InChI=1S/C16H11BrClFN4/c17-10-7-20-8-13-9(10)3-2-6-23(13)15-14-11(19)4-1-5-12(14)21-16(18)22-15/h1,4-5,7-8H,2-3,6H2. The lowest BCUT2D eigenvalue weighted by molar-refractivity contribution is 0.638. The molecule has 0 unspecified atom stereocenters. The second-order valence-electron chi connectivity index (χ2n) is 5.32. The summed E-state index contributed by atoms with van der Waals surface area (Å²) in [5.41, 5.74) is 2.56. The van der Waals surface area contributed by atoms with E-state index in [1.807, 2.05) is 4.90 Å². The number of anilines is 2. The molecule has 0 aliphatic carbocycles. The van der Waals surface area contributed by atoms with Crippen LogP contribution in [0, 0.1) is 5.82 Å². The van der Waals surface area contributed by atoms with Crippen LogP contribution in [0.4, 0.5) is 15.9 Å². The highest BCUT2D eigenvalue weighted by Crippen LogP contribution is 2.39. The lowest BCUT2D eigenvalue weighted by Gasteiger charge is -2.31. The van der Waals surface area contributed by atoms with Gasteiger partial charge >= 0.3 is 0 Å². The maximum atomic E-state index is 14.4. The lowest BCUT2D eigenvalue weighted by Crippen LogP contribution is -2.26. The molecule has 0 N–H and O–H groups in total. The highest BCUT2D eigenvalue weighted by Gasteiger charge is 2.25. The maximum absolute atomic E-state index is 14.4. The SMILES string of the molecule is Fc1cccc2nc(Cl)nc(N3CCCc4c(Br)cncc43)c12. The van der Waals surface area contributed by atoms with Crippen molar-refractivity contribution in [2.45, 2.75) is 12.8 Å². The summed E-state index contributed by atoms with van der Waals surface area (Å²) < 4.78 is 15.4. The van der Waals surface area contributed by atoms with E-state index in [4.69, 9.17) is 11.6 Å². The molecule has 0 atom stereocenters. The molecule has 0 fully saturated rings. The molecule has 3 aromatic rings. The Morgan fingerprint density at radius 3 is 2.96 bits per heavy atom. The van der Waals surface area contributed by atoms with Gasteiger partial charge in [0.2, 0.25) is 5.28 Å². The number of hydrogen-bond donors (Lipinski definition) is 0. The van der Waals surface area contributed by atoms with Crippen molar-refractivity contribution in [2.24, 2.45) is 0 Å². The number of pyridine rings is 1. The number of aromatic nitrogens is 3. The maximum Gasteiger partial charge on any atom is 0.224 e. The fourth-order valence-corrected chi connectivity index (χ4v) is 3.67. The number of rotatable bonds is 1. The molecular formula is C16H11BrClFN4. The van der Waals surface area contributed by atoms with E-state index in [1.54, 1.807) is 24.5 Å². The van der Waals surface area contributed by atoms with Gasteiger partial charge in [-0.3, -0.25) is 4.98 Å². The summed E-state index contributed by atoms with van der Waals surface area (Å²) in [6.07, 6.45) is 5.43. The van der Waals surface area contributed by atoms with Gasteiger partial charge in [0.25, 0.3) is 0 Å². The van der Waals surface area contributed by atoms with E-state index >= 15 is 0 Å². The van der Waals surface area contributed by atoms with Gasteiger partial charge < -0.3 is 4.90 Å². The summed E-state index contributed by atoms with van der Waals surface area (Å²) in [5.74, 6) is 0.128. The Morgan fingerprint density at radius 1 is 1.22 bits per heavy atom. The van der Waals surface area contributed by atoms with Gasteiger partial charge in [0.1, 0.15) is 11.6 Å². The van der Waals surface area contributed by atoms with Crippen LogP contribution in [0.3, 0.4) is 0 Å². The van der Waals surface area contributed by atoms with Gasteiger partial charge in [0.15, 0.2) is 0 Å². The summed E-state index contributed by atoms with van der Waals surface area (Å²) >= 11 is 9.60. The van der Waals surface area contributed by atoms with Crippen molar-refractivity contribution in [1.82, 2.24) is 15.0 Å². The second kappa shape index (κ2) is 5.69. The molecule has 0 radical (unpaired) electrons. The molecule has 0 saturated carbocycles. The molecule has 0 saturated heterocycles. The zero-order valence-corrected chi connectivity index (χ0v) is 14.3. The normalized spacial score (nSPS) is 14.1. The van der Waals surface area contributed by atoms with E-state index in [1.165, 1.54) is 6.07 Å². The quantitative estimate of drug-likeness (QED) is 0.564. The second-order valence-corrected chi connectivity index (χ2v) is 6.52. The smallest absolute Gasteiger partial charge is 0.224 e. The molecule has 2 aromatic heterocycles. The predicted molar refractivity (Wildman–Crippen MR) is 91.8 cm³/mol. The molecule has 1 aliphatic heterocycles. The Labute approximate surface area is 145 Å². The predicted octanol–water partition coefficient (Wildman–Crippen LogP) is 4.66. The summed E-state index contributed by atoms with van der Waals surface area (Å²) in [7, 11) is 0. The van der Waals surface area contributed by atoms with E-state index in [0.29, 0.717) is 16.7 Å². The molecule has 116 valence electrons. The van der Waals surface area contributed by atoms with Crippen molar-refractivity contribution in [1.29, 1.82) is 0 Å². The first-order valence-corrected chi connectivity index (χ1v) is 8.34. The molecule has 1 aliphatic rings. The first-order chi connectivity index (χ1) is 11.1. The van der Waals surface area contributed by atoms with Crippen molar-refractivity contribution in [2.75, 3.05) is 11.4 Å². The van der Waals surface area contributed by atoms with Crippen molar-refractivity contribution in [3.63, 3.8) is 0 Å². The molecular weight excluding hydrogens is 383 g/mol. The van der Waals surface area contributed by atoms with Crippen LogP contribution in [0.25, 0.3) is 10.9 Å². The highest BCUT2D eigenvalue weighted by molar-refractivity contribution is 9.10. The van der Waals surface area contributed by atoms with Gasteiger partial charge in [-0.1, -0.05) is 6.07 Å². The lowest BCUT2D eigenvalue weighted by atomic mass is 10.0. The molecule has 0 spiro atoms. The van der Waals surface area contributed by atoms with E-state index in [9.17, 15) is 4.39 Å². The van der Waals surface area contributed by atoms with Gasteiger partial charge in [0, 0.05) is 17.2 Å². The average molecular weight is 394 g/mol. The number of benzene rings is 1. The first-order valence-electron chi connectivity index (χ1n) is 7.17. The van der Waals surface area contributed by atoms with Crippen molar-refractivity contribution in [3.05, 3.63) is 51.7 Å². The van der Waals surface area contributed by atoms with Crippen LogP contribution in [-0.2, 0) is 6.42 Å². The largest absolute Gasteiger partial charge is 0.324 e. The van der Waals surface area contributed by atoms with Crippen LogP contribution in [0.15, 0.2) is 35.1 Å². The van der Waals surface area contributed by atoms with Crippen molar-refractivity contribution in [3.8, 4) is 0 Å². The van der Waals surface area contributed by atoms with E-state index in [2.05, 4.69) is 30.9 Å². The topological polar surface area (TPSA) is 41.9 Å². The third-order valence-electron chi connectivity index (χ3n) is 3.96. The fourth-order valence-electron chi connectivity index (χ4n) is 2.98. The average Bonchev–Trinajstić information content (AvgIpc) is 2.54. The molecule has 1 aromatic carbocycles. The van der Waals surface area contributed by atoms with Crippen LogP contribution in [-0.4, -0.2) is 21.5 Å². The Kier molecular flexibility index (Phi) is 3.66. The van der Waals surface area contributed by atoms with Gasteiger partial charge in [0.05, 0.1) is 22.8 Å². The van der Waals surface area contributed by atoms with Crippen LogP contribution in [0.5, 0.6) is 0 Å². The van der Waals surface area contributed by atoms with Crippen LogP contribution >= 0.6 is 27.5 Å². The van der Waals surface area contributed by atoms with Gasteiger partial charge in [-0.15, -0.1) is 0 Å². The summed E-state index contributed by atoms with van der Waals surface area (Å²) in [6, 6.07) is 4.76. The number of hydrogen-bond acceptors (Lipinski definition) is 4. The number of fused-ring (bicyclic) bond motifs is 2. The van der Waals surface area contributed by atoms with Gasteiger partial charge in [-0.05, 0) is 58.1 Å². The number of nitrogens with zero attached hydrogens (tertiary/aromatic N) is 4. The Bertz CT molecular complexity index is 918. The molecule has 0 amide bonds. The third-order valence-corrected chi connectivity index (χ3v) is 4.82. The molecule has 3 heterocycles. The van der Waals surface area contributed by atoms with Crippen molar-refractivity contribution >= 4 is 49.9 Å². The Balaban J connectivity index is 2.00. The summed E-state index contributed by atoms with van der Waals surface area (Å²) in [5, 5.41) is 0.484. The zero-order chi connectivity index (χ0) is 16.0. The Hall–Kier alpha value is -1.79. The Morgan fingerprint density at radius 2 is 2.09 bits per heavy atom. The van der Waals surface area contributed by atoms with Gasteiger partial charge in [-0.25, -0.2) is 9.37 Å². The molecule has 23 heavy (non-hydrogen) atoms. The fraction of sp³-hybridized carbons (Fsp3) is 0.188. The molecule has 4 nitrogen and oxygen atoms in total. The van der Waals surface area contributed by atoms with Gasteiger partial charge in [-0.2, -0.15) is 4.98 Å². The minimum Gasteiger partial charge on any atom is -0.324 e. The van der Waals surface area contributed by atoms with E-state index < -0.39 is 0 Å². The van der Waals surface area contributed by atoms with E-state index in [0.717, 1.165) is 35.1 Å². The highest BCUT2D eigenvalue weighted by atomic mass is 79.9. The first kappa shape index (κ1) is 14.8. The van der Waals surface area contributed by atoms with Crippen LogP contribution in [0.2, 0.25) is 5.28 Å². The number of halogens is 3. The van der Waals surface area contributed by atoms with Crippen molar-refractivity contribution < 1.29 is 4.39 Å². The van der Waals surface area contributed by atoms with E-state index in [-0.39, 0.29) is 11.1 Å². The summed E-state index contributed by atoms with van der Waals surface area (Å²) in [6.45, 7) is 0.724. The summed E-state index contributed by atoms with van der Waals surface area (Å²) in [4.78, 5) is 14.6. The van der Waals surface area contributed by atoms with Crippen LogP contribution < -0.4 is 4.90 Å². The molecule has 7 heteroatoms.